The summed E-state index contributed by atoms with van der Waals surface area (Å²) in [6, 6.07) is 6.94. The van der Waals surface area contributed by atoms with Gasteiger partial charge >= 0.3 is 18.3 Å². The van der Waals surface area contributed by atoms with E-state index in [1.54, 1.807) is 12.1 Å². The summed E-state index contributed by atoms with van der Waals surface area (Å²) in [5.74, 6) is -1.88. The molecule has 33 heavy (non-hydrogen) atoms. The number of halogens is 7. The van der Waals surface area contributed by atoms with E-state index in [9.17, 15) is 31.1 Å². The lowest BCUT2D eigenvalue weighted by Crippen LogP contribution is -2.12. The third-order valence-electron chi connectivity index (χ3n) is 4.14. The van der Waals surface area contributed by atoms with E-state index in [-0.39, 0.29) is 29.0 Å². The van der Waals surface area contributed by atoms with Gasteiger partial charge in [0.25, 0.3) is 0 Å². The van der Waals surface area contributed by atoms with Crippen LogP contribution in [0.5, 0.6) is 11.6 Å². The quantitative estimate of drug-likeness (QED) is 0.291. The molecular weight excluding hydrogens is 478 g/mol. The first kappa shape index (κ1) is 24.3. The molecule has 3 aromatic rings. The lowest BCUT2D eigenvalue weighted by atomic mass is 10.0. The van der Waals surface area contributed by atoms with Gasteiger partial charge in [0, 0.05) is 11.8 Å². The highest BCUT2D eigenvalue weighted by Gasteiger charge is 2.37. The predicted octanol–water partition coefficient (Wildman–Crippen LogP) is 6.80. The molecule has 0 aliphatic rings. The Bertz CT molecular complexity index is 1150. The number of alkyl halides is 6. The van der Waals surface area contributed by atoms with Crippen LogP contribution >= 0.6 is 11.6 Å². The zero-order chi connectivity index (χ0) is 24.4. The van der Waals surface area contributed by atoms with Crippen LogP contribution < -0.4 is 4.74 Å². The molecule has 12 heteroatoms. The Morgan fingerprint density at radius 3 is 2.15 bits per heavy atom. The van der Waals surface area contributed by atoms with Crippen molar-refractivity contribution in [1.82, 2.24) is 9.97 Å². The Morgan fingerprint density at radius 2 is 1.61 bits per heavy atom. The van der Waals surface area contributed by atoms with Crippen LogP contribution in [0.1, 0.15) is 28.4 Å². The number of nitrogens with zero attached hydrogens (tertiary/aromatic N) is 2. The van der Waals surface area contributed by atoms with Gasteiger partial charge in [0.1, 0.15) is 11.3 Å². The van der Waals surface area contributed by atoms with Crippen LogP contribution in [0.25, 0.3) is 11.4 Å². The first-order valence-electron chi connectivity index (χ1n) is 9.16. The molecule has 174 valence electrons. The molecule has 0 saturated heterocycles. The molecule has 0 bridgehead atoms. The second kappa shape index (κ2) is 9.26. The number of aromatic nitrogens is 2. The number of para-hydroxylation sites is 1. The normalized spacial score (nSPS) is 11.9. The fourth-order valence-electron chi connectivity index (χ4n) is 2.65. The number of hydrogen-bond acceptors (Lipinski definition) is 5. The number of hydrogen-bond donors (Lipinski definition) is 0. The minimum atomic E-state index is -5.06. The SMILES string of the molecule is CCOC(=O)c1cnc(-c2cc(C(F)(F)F)cc(C(F)(F)F)c2)nc1Oc1ccccc1Cl. The molecule has 0 saturated carbocycles. The van der Waals surface area contributed by atoms with Gasteiger partial charge in [-0.3, -0.25) is 0 Å². The van der Waals surface area contributed by atoms with Gasteiger partial charge in [-0.25, -0.2) is 9.78 Å². The van der Waals surface area contributed by atoms with Crippen molar-refractivity contribution >= 4 is 17.6 Å². The van der Waals surface area contributed by atoms with Gasteiger partial charge in [0.05, 0.1) is 22.8 Å². The summed E-state index contributed by atoms with van der Waals surface area (Å²) in [5.41, 5.74) is -3.97. The molecule has 3 rings (SSSR count). The van der Waals surface area contributed by atoms with Crippen LogP contribution in [0.2, 0.25) is 5.02 Å². The largest absolute Gasteiger partial charge is 0.462 e. The van der Waals surface area contributed by atoms with Crippen molar-refractivity contribution in [3.63, 3.8) is 0 Å². The minimum Gasteiger partial charge on any atom is -0.462 e. The number of carbonyl (C=O) groups is 1. The van der Waals surface area contributed by atoms with Crippen molar-refractivity contribution < 1.29 is 40.6 Å². The van der Waals surface area contributed by atoms with Gasteiger partial charge < -0.3 is 9.47 Å². The predicted molar refractivity (Wildman–Crippen MR) is 105 cm³/mol. The van der Waals surface area contributed by atoms with Gasteiger partial charge in [-0.15, -0.1) is 0 Å². The summed E-state index contributed by atoms with van der Waals surface area (Å²) >= 11 is 6.03. The monoisotopic (exact) mass is 490 g/mol. The van der Waals surface area contributed by atoms with Gasteiger partial charge in [-0.1, -0.05) is 23.7 Å². The summed E-state index contributed by atoms with van der Waals surface area (Å²) in [6.07, 6.45) is -9.23. The molecule has 5 nitrogen and oxygen atoms in total. The second-order valence-electron chi connectivity index (χ2n) is 6.46. The lowest BCUT2D eigenvalue weighted by molar-refractivity contribution is -0.143. The molecule has 1 aromatic heterocycles. The van der Waals surface area contributed by atoms with E-state index in [4.69, 9.17) is 21.1 Å². The maximum atomic E-state index is 13.2. The van der Waals surface area contributed by atoms with E-state index in [1.807, 2.05) is 0 Å². The van der Waals surface area contributed by atoms with E-state index in [0.717, 1.165) is 6.20 Å². The molecule has 0 amide bonds. The summed E-state index contributed by atoms with van der Waals surface area (Å²) in [4.78, 5) is 19.9. The van der Waals surface area contributed by atoms with E-state index in [0.29, 0.717) is 12.1 Å². The Balaban J connectivity index is 2.18. The highest BCUT2D eigenvalue weighted by atomic mass is 35.5. The Morgan fingerprint density at radius 1 is 1.00 bits per heavy atom. The van der Waals surface area contributed by atoms with E-state index >= 15 is 0 Å². The second-order valence-corrected chi connectivity index (χ2v) is 6.87. The number of carbonyl (C=O) groups excluding carboxylic acids is 1. The zero-order valence-electron chi connectivity index (χ0n) is 16.6. The standard InChI is InChI=1S/C21H13ClF6N2O3/c1-2-32-19(31)14-10-29-17(30-18(14)33-16-6-4-3-5-15(16)22)11-7-12(20(23,24)25)9-13(8-11)21(26,27)28/h3-10H,2H2,1H3. The third-order valence-corrected chi connectivity index (χ3v) is 4.45. The van der Waals surface area contributed by atoms with Crippen LogP contribution in [0.15, 0.2) is 48.7 Å². The number of rotatable bonds is 5. The van der Waals surface area contributed by atoms with Crippen molar-refractivity contribution in [3.05, 3.63) is 70.4 Å². The minimum absolute atomic E-state index is 0.0162. The smallest absolute Gasteiger partial charge is 0.416 e. The van der Waals surface area contributed by atoms with Crippen LogP contribution in [-0.4, -0.2) is 22.5 Å². The molecule has 0 unspecified atom stereocenters. The van der Waals surface area contributed by atoms with Gasteiger partial charge in [-0.2, -0.15) is 31.3 Å². The van der Waals surface area contributed by atoms with Crippen molar-refractivity contribution in [2.75, 3.05) is 6.61 Å². The van der Waals surface area contributed by atoms with Crippen LogP contribution in [0.4, 0.5) is 26.3 Å². The van der Waals surface area contributed by atoms with Crippen LogP contribution in [0.3, 0.4) is 0 Å². The number of benzene rings is 2. The lowest BCUT2D eigenvalue weighted by Gasteiger charge is -2.15. The average molecular weight is 491 g/mol. The Hall–Kier alpha value is -3.34. The molecule has 0 fully saturated rings. The molecule has 0 N–H and O–H groups in total. The molecule has 0 spiro atoms. The Kier molecular flexibility index (Phi) is 6.82. The topological polar surface area (TPSA) is 61.3 Å². The molecule has 0 aliphatic heterocycles. The maximum Gasteiger partial charge on any atom is 0.416 e. The fourth-order valence-corrected chi connectivity index (χ4v) is 2.82. The van der Waals surface area contributed by atoms with E-state index in [1.165, 1.54) is 19.1 Å². The van der Waals surface area contributed by atoms with Crippen molar-refractivity contribution in [1.29, 1.82) is 0 Å². The van der Waals surface area contributed by atoms with Crippen molar-refractivity contribution in [2.24, 2.45) is 0 Å². The summed E-state index contributed by atoms with van der Waals surface area (Å²) < 4.78 is 89.7. The molecule has 0 atom stereocenters. The summed E-state index contributed by atoms with van der Waals surface area (Å²) in [5, 5.41) is 0.117. The average Bonchev–Trinajstić information content (AvgIpc) is 2.74. The molecule has 0 aliphatic carbocycles. The third kappa shape index (κ3) is 5.72. The molecule has 2 aromatic carbocycles. The van der Waals surface area contributed by atoms with Crippen LogP contribution in [-0.2, 0) is 17.1 Å². The van der Waals surface area contributed by atoms with Gasteiger partial charge in [-0.05, 0) is 37.3 Å². The first-order valence-corrected chi connectivity index (χ1v) is 9.54. The molecule has 1 heterocycles. The first-order chi connectivity index (χ1) is 15.4. The Labute approximate surface area is 187 Å². The highest BCUT2D eigenvalue weighted by Crippen LogP contribution is 2.39. The summed E-state index contributed by atoms with van der Waals surface area (Å²) in [6.45, 7) is 1.51. The van der Waals surface area contributed by atoms with Gasteiger partial charge in [0.15, 0.2) is 5.82 Å². The molecule has 0 radical (unpaired) electrons. The number of esters is 1. The number of ether oxygens (including phenoxy) is 2. The highest BCUT2D eigenvalue weighted by molar-refractivity contribution is 6.32. The van der Waals surface area contributed by atoms with Crippen LogP contribution in [0, 0.1) is 0 Å². The fraction of sp³-hybridized carbons (Fsp3) is 0.190. The van der Waals surface area contributed by atoms with E-state index < -0.39 is 46.7 Å². The van der Waals surface area contributed by atoms with Gasteiger partial charge in [0.2, 0.25) is 5.88 Å². The van der Waals surface area contributed by atoms with E-state index in [2.05, 4.69) is 9.97 Å². The summed E-state index contributed by atoms with van der Waals surface area (Å²) in [7, 11) is 0. The molecular formula is C21H13ClF6N2O3. The van der Waals surface area contributed by atoms with Crippen molar-refractivity contribution in [2.45, 2.75) is 19.3 Å². The maximum absolute atomic E-state index is 13.2. The van der Waals surface area contributed by atoms with Crippen molar-refractivity contribution in [3.8, 4) is 23.0 Å². The zero-order valence-corrected chi connectivity index (χ0v) is 17.3.